The van der Waals surface area contributed by atoms with Gasteiger partial charge >= 0.3 is 11.5 Å². The third-order valence-electron chi connectivity index (χ3n) is 9.05. The van der Waals surface area contributed by atoms with Gasteiger partial charge < -0.3 is 38.9 Å². The molecule has 0 atom stereocenters. The van der Waals surface area contributed by atoms with Gasteiger partial charge in [-0.25, -0.2) is 38.5 Å². The van der Waals surface area contributed by atoms with Gasteiger partial charge in [0.05, 0.1) is 58.6 Å². The summed E-state index contributed by atoms with van der Waals surface area (Å²) in [4.78, 5) is 58.3. The minimum atomic E-state index is -0.882. The Bertz CT molecular complexity index is 2810. The van der Waals surface area contributed by atoms with Crippen molar-refractivity contribution in [3.8, 4) is 57.2 Å². The first-order chi connectivity index (χ1) is 27.0. The monoisotopic (exact) mass is 764 g/mol. The van der Waals surface area contributed by atoms with Gasteiger partial charge in [0.25, 0.3) is 11.8 Å². The second-order valence-electron chi connectivity index (χ2n) is 12.1. The second kappa shape index (κ2) is 13.5. The van der Waals surface area contributed by atoms with Crippen molar-refractivity contribution in [1.82, 2.24) is 39.5 Å². The van der Waals surface area contributed by atoms with Crippen molar-refractivity contribution in [3.05, 3.63) is 105 Å². The Morgan fingerprint density at radius 2 is 1.09 bits per heavy atom. The SMILES string of the molecule is COc1c(C(N)=O)ccc2c1nc(-c1c(F)cccc1-c1n[nH]c(=O)o1)n2CCn1c(-c2c(F)cccc2-c2n[nH]c(=O)o2)nc2c(OC)c(C(N)=O)ccc21. The maximum Gasteiger partial charge on any atom is 0.434 e. The van der Waals surface area contributed by atoms with Gasteiger partial charge in [0.1, 0.15) is 34.3 Å². The van der Waals surface area contributed by atoms with Gasteiger partial charge in [-0.15, -0.1) is 10.2 Å². The summed E-state index contributed by atoms with van der Waals surface area (Å²) in [6.07, 6.45) is 0. The first-order valence-corrected chi connectivity index (χ1v) is 16.4. The van der Waals surface area contributed by atoms with Gasteiger partial charge in [0, 0.05) is 13.1 Å². The van der Waals surface area contributed by atoms with Gasteiger partial charge in [0.2, 0.25) is 11.8 Å². The fraction of sp³-hybridized carbons (Fsp3) is 0.111. The lowest BCUT2D eigenvalue weighted by molar-refractivity contribution is 0.0989. The average Bonchev–Trinajstić information content (AvgIpc) is 3.98. The van der Waals surface area contributed by atoms with Crippen molar-refractivity contribution in [3.63, 3.8) is 0 Å². The van der Waals surface area contributed by atoms with E-state index in [1.807, 2.05) is 0 Å². The number of aromatic nitrogens is 8. The third kappa shape index (κ3) is 5.63. The van der Waals surface area contributed by atoms with Crippen molar-refractivity contribution in [2.75, 3.05) is 14.2 Å². The Kier molecular flexibility index (Phi) is 8.47. The summed E-state index contributed by atoms with van der Waals surface area (Å²) in [7, 11) is 2.63. The van der Waals surface area contributed by atoms with Crippen LogP contribution in [0.15, 0.2) is 79.1 Å². The Labute approximate surface area is 310 Å². The average molecular weight is 765 g/mol. The zero-order chi connectivity index (χ0) is 39.4. The second-order valence-corrected chi connectivity index (χ2v) is 12.1. The highest BCUT2D eigenvalue weighted by Gasteiger charge is 2.29. The molecule has 8 aromatic rings. The van der Waals surface area contributed by atoms with Crippen LogP contribution in [0.5, 0.6) is 11.5 Å². The van der Waals surface area contributed by atoms with E-state index in [2.05, 4.69) is 20.4 Å². The largest absolute Gasteiger partial charge is 0.494 e. The highest BCUT2D eigenvalue weighted by molar-refractivity contribution is 6.03. The number of methoxy groups -OCH3 is 2. The van der Waals surface area contributed by atoms with E-state index in [1.165, 1.54) is 62.8 Å². The van der Waals surface area contributed by atoms with Crippen molar-refractivity contribution in [2.45, 2.75) is 13.1 Å². The Morgan fingerprint density at radius 1 is 0.679 bits per heavy atom. The Balaban J connectivity index is 1.39. The fourth-order valence-corrected chi connectivity index (χ4v) is 6.72. The number of primary amides is 2. The number of imidazole rings is 2. The van der Waals surface area contributed by atoms with Gasteiger partial charge in [-0.1, -0.05) is 12.1 Å². The third-order valence-corrected chi connectivity index (χ3v) is 9.05. The summed E-state index contributed by atoms with van der Waals surface area (Å²) in [5, 5.41) is 12.1. The number of halogens is 2. The summed E-state index contributed by atoms with van der Waals surface area (Å²) in [6, 6.07) is 14.1. The molecule has 8 rings (SSSR count). The molecule has 0 unspecified atom stereocenters. The Morgan fingerprint density at radius 3 is 1.43 bits per heavy atom. The summed E-state index contributed by atoms with van der Waals surface area (Å²) in [6.45, 7) is -0.133. The van der Waals surface area contributed by atoms with E-state index >= 15 is 8.78 Å². The topological polar surface area (TPSA) is 258 Å². The van der Waals surface area contributed by atoms with Gasteiger partial charge in [-0.2, -0.15) is 0 Å². The van der Waals surface area contributed by atoms with Crippen LogP contribution in [0.3, 0.4) is 0 Å². The van der Waals surface area contributed by atoms with E-state index in [0.717, 1.165) is 0 Å². The van der Waals surface area contributed by atoms with E-state index in [-0.39, 0.29) is 92.4 Å². The standard InChI is InChI=1S/C36H26F2N10O8/c1-53-27-17(29(39)49)9-11-21-25(27)41-31(23-15(5-3-7-19(23)37)33-43-45-35(51)55-33)47(21)13-14-48-22-12-10-18(30(40)50)28(54-2)26(22)42-32(48)24-16(6-4-8-20(24)38)34-44-46-36(52)56-34/h3-12H,13-14H2,1-2H3,(H2,39,49)(H2,40,50)(H,45,51)(H,46,52). The molecule has 4 aromatic carbocycles. The number of hydrogen-bond acceptors (Lipinski definition) is 12. The molecular formula is C36H26F2N10O8. The lowest BCUT2D eigenvalue weighted by Gasteiger charge is -2.16. The van der Waals surface area contributed by atoms with Crippen LogP contribution in [-0.2, 0) is 13.1 Å². The number of benzene rings is 4. The molecule has 0 bridgehead atoms. The number of carbonyl (C=O) groups excluding carboxylic acids is 2. The number of aromatic amines is 2. The van der Waals surface area contributed by atoms with Crippen LogP contribution >= 0.6 is 0 Å². The van der Waals surface area contributed by atoms with Crippen LogP contribution in [-0.4, -0.2) is 65.5 Å². The number of nitrogens with one attached hydrogen (secondary N) is 2. The molecule has 0 saturated carbocycles. The number of nitrogens with zero attached hydrogens (tertiary/aromatic N) is 6. The summed E-state index contributed by atoms with van der Waals surface area (Å²) in [5.41, 5.74) is 12.1. The number of ether oxygens (including phenoxy) is 2. The smallest absolute Gasteiger partial charge is 0.434 e. The molecule has 0 aliphatic rings. The van der Waals surface area contributed by atoms with E-state index in [9.17, 15) is 19.2 Å². The number of aryl methyl sites for hydroxylation is 2. The maximum atomic E-state index is 16.1. The number of H-pyrrole nitrogens is 2. The molecule has 6 N–H and O–H groups in total. The number of carbonyl (C=O) groups is 2. The highest BCUT2D eigenvalue weighted by Crippen LogP contribution is 2.40. The van der Waals surface area contributed by atoms with Crippen LogP contribution in [0.1, 0.15) is 20.7 Å². The summed E-state index contributed by atoms with van der Waals surface area (Å²) < 4.78 is 57.0. The molecule has 18 nitrogen and oxygen atoms in total. The van der Waals surface area contributed by atoms with Crippen molar-refractivity contribution in [2.24, 2.45) is 11.5 Å². The maximum absolute atomic E-state index is 16.1. The van der Waals surface area contributed by atoms with Crippen LogP contribution < -0.4 is 32.5 Å². The predicted octanol–water partition coefficient (Wildman–Crippen LogP) is 3.60. The van der Waals surface area contributed by atoms with Crippen LogP contribution in [0.4, 0.5) is 8.78 Å². The molecule has 4 heterocycles. The van der Waals surface area contributed by atoms with E-state index in [4.69, 9.17) is 39.7 Å². The lowest BCUT2D eigenvalue weighted by Crippen LogP contribution is -2.13. The minimum absolute atomic E-state index is 0.000550. The number of fused-ring (bicyclic) bond motifs is 2. The summed E-state index contributed by atoms with van der Waals surface area (Å²) in [5.74, 6) is -5.39. The quantitative estimate of drug-likeness (QED) is 0.147. The van der Waals surface area contributed by atoms with Crippen molar-refractivity contribution in [1.29, 1.82) is 0 Å². The number of rotatable bonds is 11. The fourth-order valence-electron chi connectivity index (χ4n) is 6.72. The molecule has 0 aliphatic heterocycles. The molecule has 0 radical (unpaired) electrons. The molecule has 0 spiro atoms. The van der Waals surface area contributed by atoms with E-state index in [0.29, 0.717) is 11.0 Å². The van der Waals surface area contributed by atoms with Crippen molar-refractivity contribution < 1.29 is 36.7 Å². The molecule has 56 heavy (non-hydrogen) atoms. The molecule has 2 amide bonds. The first kappa shape index (κ1) is 35.1. The number of amides is 2. The number of hydrogen-bond donors (Lipinski definition) is 4. The summed E-state index contributed by atoms with van der Waals surface area (Å²) >= 11 is 0. The predicted molar refractivity (Wildman–Crippen MR) is 193 cm³/mol. The normalized spacial score (nSPS) is 11.4. The van der Waals surface area contributed by atoms with E-state index in [1.54, 1.807) is 21.3 Å². The first-order valence-electron chi connectivity index (χ1n) is 16.4. The van der Waals surface area contributed by atoms with Crippen molar-refractivity contribution >= 4 is 33.9 Å². The van der Waals surface area contributed by atoms with Gasteiger partial charge in [-0.3, -0.25) is 9.59 Å². The molecule has 0 saturated heterocycles. The molecule has 4 aromatic heterocycles. The Hall–Kier alpha value is -7.90. The molecule has 0 fully saturated rings. The van der Waals surface area contributed by atoms with Gasteiger partial charge in [0.15, 0.2) is 11.5 Å². The van der Waals surface area contributed by atoms with Crippen LogP contribution in [0.25, 0.3) is 67.8 Å². The zero-order valence-electron chi connectivity index (χ0n) is 29.0. The molecule has 20 heteroatoms. The molecule has 0 aliphatic carbocycles. The minimum Gasteiger partial charge on any atom is -0.494 e. The van der Waals surface area contributed by atoms with Crippen LogP contribution in [0.2, 0.25) is 0 Å². The van der Waals surface area contributed by atoms with Gasteiger partial charge in [-0.05, 0) is 48.5 Å². The highest BCUT2D eigenvalue weighted by atomic mass is 19.1. The number of nitrogens with two attached hydrogens (primary N) is 2. The van der Waals surface area contributed by atoms with Crippen LogP contribution in [0, 0.1) is 11.6 Å². The molecular weight excluding hydrogens is 738 g/mol. The van der Waals surface area contributed by atoms with E-state index < -0.39 is 35.0 Å². The zero-order valence-corrected chi connectivity index (χ0v) is 29.0. The molecule has 282 valence electrons. The lowest BCUT2D eigenvalue weighted by atomic mass is 10.1.